The van der Waals surface area contributed by atoms with Crippen molar-refractivity contribution in [1.82, 2.24) is 0 Å². The Balaban J connectivity index is 1.80. The molecule has 1 aliphatic rings. The molecule has 0 unspecified atom stereocenters. The van der Waals surface area contributed by atoms with Gasteiger partial charge in [0.1, 0.15) is 12.4 Å². The zero-order chi connectivity index (χ0) is 16.4. The molecule has 5 heteroatoms. The molecule has 120 valence electrons. The van der Waals surface area contributed by atoms with Gasteiger partial charge in [-0.25, -0.2) is 0 Å². The van der Waals surface area contributed by atoms with E-state index in [0.29, 0.717) is 12.2 Å². The summed E-state index contributed by atoms with van der Waals surface area (Å²) in [6.45, 7) is 1.53. The van der Waals surface area contributed by atoms with E-state index in [-0.39, 0.29) is 5.91 Å². The molecule has 0 aromatic heterocycles. The van der Waals surface area contributed by atoms with Crippen molar-refractivity contribution in [2.45, 2.75) is 0 Å². The number of rotatable bonds is 3. The fraction of sp³-hybridized carbons (Fsp3) is 0.278. The monoisotopic (exact) mass is 311 g/mol. The van der Waals surface area contributed by atoms with E-state index in [0.717, 1.165) is 29.4 Å². The molecule has 2 aromatic carbocycles. The van der Waals surface area contributed by atoms with Gasteiger partial charge in [0.25, 0.3) is 5.91 Å². The van der Waals surface area contributed by atoms with Gasteiger partial charge in [-0.15, -0.1) is 0 Å². The number of anilines is 3. The van der Waals surface area contributed by atoms with Crippen molar-refractivity contribution in [2.24, 2.45) is 0 Å². The zero-order valence-corrected chi connectivity index (χ0v) is 13.7. The van der Waals surface area contributed by atoms with E-state index in [9.17, 15) is 4.79 Å². The minimum absolute atomic E-state index is 0.118. The van der Waals surface area contributed by atoms with Crippen molar-refractivity contribution in [3.8, 4) is 5.75 Å². The number of hydrogen-bond donors (Lipinski definition) is 1. The van der Waals surface area contributed by atoms with Crippen molar-refractivity contribution >= 4 is 23.0 Å². The lowest BCUT2D eigenvalue weighted by molar-refractivity contribution is 0.102. The summed E-state index contributed by atoms with van der Waals surface area (Å²) < 4.78 is 5.62. The third kappa shape index (κ3) is 3.23. The maximum atomic E-state index is 12.5. The first-order valence-electron chi connectivity index (χ1n) is 7.61. The maximum absolute atomic E-state index is 12.5. The highest BCUT2D eigenvalue weighted by atomic mass is 16.5. The maximum Gasteiger partial charge on any atom is 0.255 e. The van der Waals surface area contributed by atoms with E-state index in [1.165, 1.54) is 0 Å². The van der Waals surface area contributed by atoms with Crippen LogP contribution in [0.2, 0.25) is 0 Å². The standard InChI is InChI=1S/C18H21N3O2/c1-20(2)15-6-4-5-13(11-15)18(22)19-14-7-8-17-16(12-14)21(3)9-10-23-17/h4-8,11-12H,9-10H2,1-3H3,(H,19,22). The lowest BCUT2D eigenvalue weighted by Gasteiger charge is -2.28. The second kappa shape index (κ2) is 6.20. The van der Waals surface area contributed by atoms with Crippen LogP contribution in [0.25, 0.3) is 0 Å². The number of nitrogens with zero attached hydrogens (tertiary/aromatic N) is 2. The number of nitrogens with one attached hydrogen (secondary N) is 1. The Morgan fingerprint density at radius 2 is 2.04 bits per heavy atom. The van der Waals surface area contributed by atoms with Gasteiger partial charge in [0.15, 0.2) is 0 Å². The van der Waals surface area contributed by atoms with Crippen LogP contribution in [0.4, 0.5) is 17.1 Å². The molecule has 0 atom stereocenters. The van der Waals surface area contributed by atoms with Crippen LogP contribution in [0.15, 0.2) is 42.5 Å². The average Bonchev–Trinajstić information content (AvgIpc) is 2.55. The van der Waals surface area contributed by atoms with E-state index in [1.54, 1.807) is 0 Å². The number of carbonyl (C=O) groups is 1. The third-order valence-electron chi connectivity index (χ3n) is 3.94. The fourth-order valence-electron chi connectivity index (χ4n) is 2.56. The predicted octanol–water partition coefficient (Wildman–Crippen LogP) is 2.83. The van der Waals surface area contributed by atoms with Crippen molar-refractivity contribution in [3.05, 3.63) is 48.0 Å². The van der Waals surface area contributed by atoms with E-state index in [1.807, 2.05) is 68.5 Å². The molecule has 0 fully saturated rings. The van der Waals surface area contributed by atoms with Crippen LogP contribution in [0, 0.1) is 0 Å². The Morgan fingerprint density at radius 3 is 2.83 bits per heavy atom. The van der Waals surface area contributed by atoms with Crippen LogP contribution in [-0.2, 0) is 0 Å². The highest BCUT2D eigenvalue weighted by Gasteiger charge is 2.16. The number of ether oxygens (including phenoxy) is 1. The summed E-state index contributed by atoms with van der Waals surface area (Å²) in [7, 11) is 5.93. The number of amides is 1. The van der Waals surface area contributed by atoms with Crippen LogP contribution in [-0.4, -0.2) is 40.2 Å². The first-order chi connectivity index (χ1) is 11.0. The highest BCUT2D eigenvalue weighted by molar-refractivity contribution is 6.05. The minimum Gasteiger partial charge on any atom is -0.490 e. The molecule has 23 heavy (non-hydrogen) atoms. The molecule has 1 heterocycles. The Kier molecular flexibility index (Phi) is 4.10. The lowest BCUT2D eigenvalue weighted by Crippen LogP contribution is -2.28. The molecule has 0 saturated carbocycles. The summed E-state index contributed by atoms with van der Waals surface area (Å²) in [6.07, 6.45) is 0. The first kappa shape index (κ1) is 15.2. The van der Waals surface area contributed by atoms with Crippen molar-refractivity contribution in [1.29, 1.82) is 0 Å². The Morgan fingerprint density at radius 1 is 1.22 bits per heavy atom. The molecular weight excluding hydrogens is 290 g/mol. The summed E-state index contributed by atoms with van der Waals surface area (Å²) >= 11 is 0. The smallest absolute Gasteiger partial charge is 0.255 e. The topological polar surface area (TPSA) is 44.8 Å². The largest absolute Gasteiger partial charge is 0.490 e. The van der Waals surface area contributed by atoms with Crippen molar-refractivity contribution < 1.29 is 9.53 Å². The van der Waals surface area contributed by atoms with Gasteiger partial charge in [-0.2, -0.15) is 0 Å². The molecule has 3 rings (SSSR count). The molecule has 1 amide bonds. The number of carbonyl (C=O) groups excluding carboxylic acids is 1. The second-order valence-corrected chi connectivity index (χ2v) is 5.85. The Hall–Kier alpha value is -2.69. The molecule has 1 N–H and O–H groups in total. The molecule has 0 spiro atoms. The Bertz CT molecular complexity index is 728. The van der Waals surface area contributed by atoms with Gasteiger partial charge in [-0.05, 0) is 36.4 Å². The third-order valence-corrected chi connectivity index (χ3v) is 3.94. The summed E-state index contributed by atoms with van der Waals surface area (Å²) in [6, 6.07) is 13.3. The minimum atomic E-state index is -0.118. The molecule has 1 aliphatic heterocycles. The van der Waals surface area contributed by atoms with Gasteiger partial charge in [0.2, 0.25) is 0 Å². The van der Waals surface area contributed by atoms with Gasteiger partial charge in [0, 0.05) is 38.1 Å². The van der Waals surface area contributed by atoms with Crippen molar-refractivity contribution in [2.75, 3.05) is 49.4 Å². The van der Waals surface area contributed by atoms with Crippen LogP contribution in [0.1, 0.15) is 10.4 Å². The molecular formula is C18H21N3O2. The molecule has 5 nitrogen and oxygen atoms in total. The quantitative estimate of drug-likeness (QED) is 0.947. The van der Waals surface area contributed by atoms with Crippen LogP contribution in [0.3, 0.4) is 0 Å². The van der Waals surface area contributed by atoms with Gasteiger partial charge < -0.3 is 19.9 Å². The van der Waals surface area contributed by atoms with E-state index < -0.39 is 0 Å². The predicted molar refractivity (Wildman–Crippen MR) is 93.9 cm³/mol. The van der Waals surface area contributed by atoms with Gasteiger partial charge in [0.05, 0.1) is 12.2 Å². The van der Waals surface area contributed by atoms with Crippen LogP contribution in [0.5, 0.6) is 5.75 Å². The number of likely N-dealkylation sites (N-methyl/N-ethyl adjacent to an activating group) is 1. The van der Waals surface area contributed by atoms with Crippen LogP contribution >= 0.6 is 0 Å². The van der Waals surface area contributed by atoms with Crippen LogP contribution < -0.4 is 19.9 Å². The number of benzene rings is 2. The molecule has 0 aliphatic carbocycles. The fourth-order valence-corrected chi connectivity index (χ4v) is 2.56. The normalized spacial score (nSPS) is 13.1. The van der Waals surface area contributed by atoms with E-state index >= 15 is 0 Å². The van der Waals surface area contributed by atoms with Crippen molar-refractivity contribution in [3.63, 3.8) is 0 Å². The Labute approximate surface area is 136 Å². The van der Waals surface area contributed by atoms with E-state index in [4.69, 9.17) is 4.74 Å². The summed E-state index contributed by atoms with van der Waals surface area (Å²) in [5.74, 6) is 0.736. The zero-order valence-electron chi connectivity index (χ0n) is 13.7. The van der Waals surface area contributed by atoms with Gasteiger partial charge in [-0.1, -0.05) is 6.07 Å². The SMILES string of the molecule is CN(C)c1cccc(C(=O)Nc2ccc3c(c2)N(C)CCO3)c1. The lowest BCUT2D eigenvalue weighted by atomic mass is 10.1. The highest BCUT2D eigenvalue weighted by Crippen LogP contribution is 2.33. The molecule has 0 radical (unpaired) electrons. The van der Waals surface area contributed by atoms with Gasteiger partial charge >= 0.3 is 0 Å². The van der Waals surface area contributed by atoms with E-state index in [2.05, 4.69) is 10.2 Å². The molecule has 2 aromatic rings. The number of fused-ring (bicyclic) bond motifs is 1. The average molecular weight is 311 g/mol. The first-order valence-corrected chi connectivity index (χ1v) is 7.61. The summed E-state index contributed by atoms with van der Waals surface area (Å²) in [5.41, 5.74) is 3.40. The summed E-state index contributed by atoms with van der Waals surface area (Å²) in [5, 5.41) is 2.96. The number of hydrogen-bond acceptors (Lipinski definition) is 4. The molecule has 0 saturated heterocycles. The van der Waals surface area contributed by atoms with Gasteiger partial charge in [-0.3, -0.25) is 4.79 Å². The second-order valence-electron chi connectivity index (χ2n) is 5.85. The molecule has 0 bridgehead atoms. The summed E-state index contributed by atoms with van der Waals surface area (Å²) in [4.78, 5) is 16.6.